The Morgan fingerprint density at radius 1 is 1.15 bits per heavy atom. The number of nitrogens with zero attached hydrogens (tertiary/aromatic N) is 2. The van der Waals surface area contributed by atoms with Crippen LogP contribution in [-0.2, 0) is 0 Å². The smallest absolute Gasteiger partial charge is 0.251 e. The lowest BCUT2D eigenvalue weighted by Gasteiger charge is -2.47. The quantitative estimate of drug-likeness (QED) is 0.355. The summed E-state index contributed by atoms with van der Waals surface area (Å²) in [5, 5.41) is 19.0. The second-order valence-corrected chi connectivity index (χ2v) is 7.52. The van der Waals surface area contributed by atoms with E-state index < -0.39 is 0 Å². The Morgan fingerprint density at radius 3 is 2.41 bits per heavy atom. The number of phenolic OH excluding ortho intramolecular Hbond substituents is 1. The van der Waals surface area contributed by atoms with Crippen LogP contribution in [0.3, 0.4) is 0 Å². The first-order valence-electron chi connectivity index (χ1n) is 9.83. The molecule has 2 saturated heterocycles. The maximum Gasteiger partial charge on any atom is 0.251 e. The van der Waals surface area contributed by atoms with E-state index in [2.05, 4.69) is 32.9 Å². The second-order valence-electron chi connectivity index (χ2n) is 7.52. The van der Waals surface area contributed by atoms with Crippen molar-refractivity contribution in [3.05, 3.63) is 29.8 Å². The number of aromatic hydroxyl groups is 1. The molecule has 1 aromatic carbocycles. The van der Waals surface area contributed by atoms with Gasteiger partial charge in [0.1, 0.15) is 5.75 Å². The molecule has 0 saturated carbocycles. The number of nitrogens with one attached hydrogen (secondary N) is 3. The highest BCUT2D eigenvalue weighted by molar-refractivity contribution is 5.94. The van der Waals surface area contributed by atoms with Gasteiger partial charge in [0, 0.05) is 43.8 Å². The fourth-order valence-electron chi connectivity index (χ4n) is 4.19. The number of guanidine groups is 1. The number of fused-ring (bicyclic) bond motifs is 2. The molecule has 2 unspecified atom stereocenters. The summed E-state index contributed by atoms with van der Waals surface area (Å²) < 4.78 is 0. The maximum atomic E-state index is 12.1. The molecule has 4 N–H and O–H groups in total. The van der Waals surface area contributed by atoms with Gasteiger partial charge in [-0.05, 0) is 57.0 Å². The molecule has 2 aliphatic heterocycles. The molecule has 7 nitrogen and oxygen atoms in total. The molecule has 2 atom stereocenters. The minimum Gasteiger partial charge on any atom is -0.508 e. The molecular formula is C20H31N5O2. The van der Waals surface area contributed by atoms with Crippen LogP contribution in [0.2, 0.25) is 0 Å². The summed E-state index contributed by atoms with van der Waals surface area (Å²) in [4.78, 5) is 18.9. The van der Waals surface area contributed by atoms with Crippen molar-refractivity contribution in [3.8, 4) is 5.75 Å². The predicted molar refractivity (Wildman–Crippen MR) is 107 cm³/mol. The van der Waals surface area contributed by atoms with Crippen molar-refractivity contribution in [2.24, 2.45) is 4.99 Å². The third kappa shape index (κ3) is 5.13. The van der Waals surface area contributed by atoms with Gasteiger partial charge in [-0.1, -0.05) is 6.42 Å². The lowest BCUT2D eigenvalue weighted by atomic mass is 9.82. The Hall–Kier alpha value is -2.28. The van der Waals surface area contributed by atoms with E-state index in [1.807, 2.05) is 0 Å². The lowest BCUT2D eigenvalue weighted by molar-refractivity contribution is 0.0526. The van der Waals surface area contributed by atoms with Crippen molar-refractivity contribution in [2.45, 2.75) is 50.2 Å². The van der Waals surface area contributed by atoms with Crippen LogP contribution >= 0.6 is 0 Å². The molecule has 2 aliphatic rings. The van der Waals surface area contributed by atoms with Crippen LogP contribution in [0.4, 0.5) is 0 Å². The minimum atomic E-state index is -0.150. The number of aliphatic imine (C=N–C) groups is 1. The molecule has 1 aromatic rings. The predicted octanol–water partition coefficient (Wildman–Crippen LogP) is 1.30. The average Bonchev–Trinajstić information content (AvgIpc) is 2.65. The lowest BCUT2D eigenvalue weighted by Crippen LogP contribution is -2.57. The number of benzene rings is 1. The minimum absolute atomic E-state index is 0.150. The van der Waals surface area contributed by atoms with Crippen molar-refractivity contribution in [2.75, 3.05) is 27.2 Å². The number of hydrogen-bond donors (Lipinski definition) is 4. The number of amides is 1. The third-order valence-electron chi connectivity index (χ3n) is 5.74. The van der Waals surface area contributed by atoms with E-state index in [1.165, 1.54) is 31.4 Å². The van der Waals surface area contributed by atoms with Crippen molar-refractivity contribution in [1.82, 2.24) is 20.9 Å². The Labute approximate surface area is 161 Å². The first kappa shape index (κ1) is 19.5. The molecule has 2 bridgehead atoms. The van der Waals surface area contributed by atoms with Crippen LogP contribution in [-0.4, -0.2) is 67.2 Å². The molecule has 3 rings (SSSR count). The Bertz CT molecular complexity index is 647. The topological polar surface area (TPSA) is 89.0 Å². The van der Waals surface area contributed by atoms with Gasteiger partial charge in [-0.15, -0.1) is 0 Å². The average molecular weight is 374 g/mol. The molecule has 0 radical (unpaired) electrons. The van der Waals surface area contributed by atoms with E-state index in [0.29, 0.717) is 36.8 Å². The molecule has 2 fully saturated rings. The molecule has 2 heterocycles. The summed E-state index contributed by atoms with van der Waals surface area (Å²) in [5.41, 5.74) is 0.535. The van der Waals surface area contributed by atoms with Crippen LogP contribution in [0.5, 0.6) is 5.75 Å². The largest absolute Gasteiger partial charge is 0.508 e. The fourth-order valence-corrected chi connectivity index (χ4v) is 4.19. The summed E-state index contributed by atoms with van der Waals surface area (Å²) in [6.07, 6.45) is 6.25. The molecular weight excluding hydrogens is 342 g/mol. The first-order chi connectivity index (χ1) is 13.1. The van der Waals surface area contributed by atoms with E-state index in [1.54, 1.807) is 19.2 Å². The van der Waals surface area contributed by atoms with Gasteiger partial charge in [0.2, 0.25) is 0 Å². The second kappa shape index (κ2) is 9.08. The summed E-state index contributed by atoms with van der Waals surface area (Å²) in [6, 6.07) is 8.04. The van der Waals surface area contributed by atoms with Crippen LogP contribution in [0.1, 0.15) is 42.5 Å². The molecule has 0 aliphatic carbocycles. The summed E-state index contributed by atoms with van der Waals surface area (Å²) in [6.45, 7) is 1.10. The standard InChI is InChI=1S/C20H31N5O2/c1-21-20(24-15-12-16-4-3-5-17(13-15)25(16)2)23-11-10-22-19(27)14-6-8-18(26)9-7-14/h6-9,15-17,26H,3-5,10-13H2,1-2H3,(H,22,27)(H2,21,23,24). The van der Waals surface area contributed by atoms with Gasteiger partial charge in [0.05, 0.1) is 0 Å². The van der Waals surface area contributed by atoms with E-state index in [4.69, 9.17) is 0 Å². The van der Waals surface area contributed by atoms with Crippen molar-refractivity contribution in [3.63, 3.8) is 0 Å². The van der Waals surface area contributed by atoms with Gasteiger partial charge in [-0.2, -0.15) is 0 Å². The highest BCUT2D eigenvalue weighted by atomic mass is 16.3. The van der Waals surface area contributed by atoms with Crippen LogP contribution < -0.4 is 16.0 Å². The first-order valence-corrected chi connectivity index (χ1v) is 9.83. The summed E-state index contributed by atoms with van der Waals surface area (Å²) in [5.74, 6) is 0.797. The van der Waals surface area contributed by atoms with E-state index in [0.717, 1.165) is 18.8 Å². The number of rotatable bonds is 5. The van der Waals surface area contributed by atoms with Gasteiger partial charge in [0.15, 0.2) is 5.96 Å². The molecule has 1 amide bonds. The summed E-state index contributed by atoms with van der Waals surface area (Å²) in [7, 11) is 4.04. The molecule has 27 heavy (non-hydrogen) atoms. The highest BCUT2D eigenvalue weighted by Crippen LogP contribution is 2.32. The third-order valence-corrected chi connectivity index (χ3v) is 5.74. The van der Waals surface area contributed by atoms with E-state index in [-0.39, 0.29) is 11.7 Å². The molecule has 0 aromatic heterocycles. The highest BCUT2D eigenvalue weighted by Gasteiger charge is 2.36. The fraction of sp³-hybridized carbons (Fsp3) is 0.600. The van der Waals surface area contributed by atoms with Crippen LogP contribution in [0.15, 0.2) is 29.3 Å². The Kier molecular flexibility index (Phi) is 6.55. The van der Waals surface area contributed by atoms with Crippen molar-refractivity contribution < 1.29 is 9.90 Å². The number of carbonyl (C=O) groups excluding carboxylic acids is 1. The van der Waals surface area contributed by atoms with Crippen molar-refractivity contribution >= 4 is 11.9 Å². The van der Waals surface area contributed by atoms with E-state index >= 15 is 0 Å². The number of carbonyl (C=O) groups is 1. The zero-order chi connectivity index (χ0) is 19.2. The Morgan fingerprint density at radius 2 is 1.78 bits per heavy atom. The normalized spacial score (nSPS) is 25.7. The zero-order valence-corrected chi connectivity index (χ0v) is 16.2. The molecule has 7 heteroatoms. The monoisotopic (exact) mass is 373 g/mol. The summed E-state index contributed by atoms with van der Waals surface area (Å²) >= 11 is 0. The van der Waals surface area contributed by atoms with E-state index in [9.17, 15) is 9.90 Å². The number of hydrogen-bond acceptors (Lipinski definition) is 4. The van der Waals surface area contributed by atoms with Gasteiger partial charge < -0.3 is 26.0 Å². The van der Waals surface area contributed by atoms with Crippen molar-refractivity contribution in [1.29, 1.82) is 0 Å². The Balaban J connectivity index is 1.39. The maximum absolute atomic E-state index is 12.1. The van der Waals surface area contributed by atoms with Crippen LogP contribution in [0, 0.1) is 0 Å². The zero-order valence-electron chi connectivity index (χ0n) is 16.2. The number of phenols is 1. The molecule has 148 valence electrons. The van der Waals surface area contributed by atoms with Gasteiger partial charge in [0.25, 0.3) is 5.91 Å². The van der Waals surface area contributed by atoms with Gasteiger partial charge in [-0.25, -0.2) is 0 Å². The van der Waals surface area contributed by atoms with Crippen LogP contribution in [0.25, 0.3) is 0 Å². The molecule has 0 spiro atoms. The van der Waals surface area contributed by atoms with Gasteiger partial charge in [-0.3, -0.25) is 9.79 Å². The van der Waals surface area contributed by atoms with Gasteiger partial charge >= 0.3 is 0 Å². The SMILES string of the molecule is CN=C(NCCNC(=O)c1ccc(O)cc1)NC1CC2CCCC(C1)N2C. The number of piperidine rings is 2.